The number of hydrogen-bond acceptors (Lipinski definition) is 3. The lowest BCUT2D eigenvalue weighted by molar-refractivity contribution is 0.0950. The van der Waals surface area contributed by atoms with Crippen molar-refractivity contribution in [3.8, 4) is 11.3 Å². The Hall–Kier alpha value is -2.92. The Labute approximate surface area is 144 Å². The van der Waals surface area contributed by atoms with E-state index in [0.29, 0.717) is 22.1 Å². The summed E-state index contributed by atoms with van der Waals surface area (Å²) in [4.78, 5) is 12.2. The van der Waals surface area contributed by atoms with Crippen molar-refractivity contribution < 1.29 is 4.79 Å². The van der Waals surface area contributed by atoms with E-state index in [-0.39, 0.29) is 5.91 Å². The number of rotatable bonds is 4. The van der Waals surface area contributed by atoms with Crippen molar-refractivity contribution in [3.05, 3.63) is 76.9 Å². The molecule has 0 bridgehead atoms. The number of halogens is 1. The number of nitrogens with one attached hydrogen (secondary N) is 2. The molecule has 0 fully saturated rings. The Kier molecular flexibility index (Phi) is 4.72. The van der Waals surface area contributed by atoms with Gasteiger partial charge in [0, 0.05) is 10.6 Å². The molecule has 0 atom stereocenters. The Balaban J connectivity index is 1.70. The van der Waals surface area contributed by atoms with Crippen LogP contribution in [0.4, 0.5) is 0 Å². The summed E-state index contributed by atoms with van der Waals surface area (Å²) in [5.41, 5.74) is 6.08. The first-order valence-electron chi connectivity index (χ1n) is 7.35. The van der Waals surface area contributed by atoms with E-state index in [1.54, 1.807) is 18.2 Å². The van der Waals surface area contributed by atoms with Gasteiger partial charge < -0.3 is 0 Å². The molecule has 0 saturated heterocycles. The molecule has 1 heterocycles. The lowest BCUT2D eigenvalue weighted by Crippen LogP contribution is -2.19. The molecule has 6 heteroatoms. The van der Waals surface area contributed by atoms with Gasteiger partial charge in [-0.25, -0.2) is 5.43 Å². The fraction of sp³-hybridized carbons (Fsp3) is 0.0556. The first-order valence-corrected chi connectivity index (χ1v) is 7.72. The fourth-order valence-electron chi connectivity index (χ4n) is 2.15. The zero-order valence-electron chi connectivity index (χ0n) is 13.0. The Bertz CT molecular complexity index is 870. The monoisotopic (exact) mass is 338 g/mol. The van der Waals surface area contributed by atoms with Crippen LogP contribution >= 0.6 is 11.6 Å². The average Bonchev–Trinajstić information content (AvgIpc) is 3.11. The SMILES string of the molecule is C/C(=N\NC(=O)c1cc(-c2ccccc2)n[nH]1)c1ccc(Cl)cc1. The number of amides is 1. The van der Waals surface area contributed by atoms with Gasteiger partial charge in [-0.05, 0) is 30.7 Å². The normalized spacial score (nSPS) is 11.3. The topological polar surface area (TPSA) is 70.1 Å². The molecular formula is C18H15ClN4O. The molecule has 0 radical (unpaired) electrons. The fourth-order valence-corrected chi connectivity index (χ4v) is 2.27. The third-order valence-corrected chi connectivity index (χ3v) is 3.73. The molecule has 120 valence electrons. The number of nitrogens with zero attached hydrogens (tertiary/aromatic N) is 2. The number of hydrogen-bond donors (Lipinski definition) is 2. The summed E-state index contributed by atoms with van der Waals surface area (Å²) < 4.78 is 0. The lowest BCUT2D eigenvalue weighted by Gasteiger charge is -2.02. The van der Waals surface area contributed by atoms with Gasteiger partial charge in [0.05, 0.1) is 11.4 Å². The van der Waals surface area contributed by atoms with Gasteiger partial charge in [-0.1, -0.05) is 54.1 Å². The minimum absolute atomic E-state index is 0.349. The summed E-state index contributed by atoms with van der Waals surface area (Å²) in [6.07, 6.45) is 0. The van der Waals surface area contributed by atoms with E-state index < -0.39 is 0 Å². The van der Waals surface area contributed by atoms with E-state index in [1.807, 2.05) is 49.4 Å². The van der Waals surface area contributed by atoms with E-state index in [0.717, 1.165) is 11.1 Å². The van der Waals surface area contributed by atoms with Crippen LogP contribution in [0.1, 0.15) is 23.0 Å². The molecule has 2 N–H and O–H groups in total. The zero-order valence-corrected chi connectivity index (χ0v) is 13.7. The van der Waals surface area contributed by atoms with Crippen molar-refractivity contribution in [1.82, 2.24) is 15.6 Å². The summed E-state index contributed by atoms with van der Waals surface area (Å²) in [5.74, 6) is -0.349. The van der Waals surface area contributed by atoms with Crippen molar-refractivity contribution in [2.75, 3.05) is 0 Å². The van der Waals surface area contributed by atoms with E-state index in [9.17, 15) is 4.79 Å². The quantitative estimate of drug-likeness (QED) is 0.559. The van der Waals surface area contributed by atoms with Crippen molar-refractivity contribution in [3.63, 3.8) is 0 Å². The van der Waals surface area contributed by atoms with Gasteiger partial charge in [0.2, 0.25) is 0 Å². The highest BCUT2D eigenvalue weighted by Crippen LogP contribution is 2.16. The van der Waals surface area contributed by atoms with Gasteiger partial charge in [-0.2, -0.15) is 10.2 Å². The van der Waals surface area contributed by atoms with E-state index in [2.05, 4.69) is 20.7 Å². The summed E-state index contributed by atoms with van der Waals surface area (Å²) in [7, 11) is 0. The smallest absolute Gasteiger partial charge is 0.272 e. The first kappa shape index (κ1) is 16.0. The van der Waals surface area contributed by atoms with Crippen LogP contribution in [0.25, 0.3) is 11.3 Å². The molecule has 3 aromatic rings. The van der Waals surface area contributed by atoms with E-state index in [4.69, 9.17) is 11.6 Å². The summed E-state index contributed by atoms with van der Waals surface area (Å²) in [6.45, 7) is 1.81. The third kappa shape index (κ3) is 3.70. The average molecular weight is 339 g/mol. The van der Waals surface area contributed by atoms with Crippen LogP contribution in [-0.4, -0.2) is 21.8 Å². The highest BCUT2D eigenvalue weighted by molar-refractivity contribution is 6.30. The molecule has 5 nitrogen and oxygen atoms in total. The second-order valence-corrected chi connectivity index (χ2v) is 5.61. The molecule has 0 spiro atoms. The van der Waals surface area contributed by atoms with Gasteiger partial charge in [0.15, 0.2) is 0 Å². The van der Waals surface area contributed by atoms with Gasteiger partial charge in [0.1, 0.15) is 5.69 Å². The Morgan fingerprint density at radius 2 is 1.83 bits per heavy atom. The molecule has 0 aliphatic rings. The van der Waals surface area contributed by atoms with Crippen LogP contribution in [0, 0.1) is 0 Å². The predicted octanol–water partition coefficient (Wildman–Crippen LogP) is 3.88. The van der Waals surface area contributed by atoms with Gasteiger partial charge in [0.25, 0.3) is 5.91 Å². The molecule has 3 rings (SSSR count). The maximum absolute atomic E-state index is 12.2. The number of aromatic amines is 1. The largest absolute Gasteiger partial charge is 0.289 e. The molecule has 0 saturated carbocycles. The predicted molar refractivity (Wildman–Crippen MR) is 95.2 cm³/mol. The molecule has 2 aromatic carbocycles. The Morgan fingerprint density at radius 3 is 2.54 bits per heavy atom. The number of benzene rings is 2. The van der Waals surface area contributed by atoms with Crippen molar-refractivity contribution in [2.45, 2.75) is 6.92 Å². The van der Waals surface area contributed by atoms with Crippen molar-refractivity contribution >= 4 is 23.2 Å². The minimum Gasteiger partial charge on any atom is -0.272 e. The second kappa shape index (κ2) is 7.10. The van der Waals surface area contributed by atoms with Crippen molar-refractivity contribution in [2.24, 2.45) is 5.10 Å². The molecule has 24 heavy (non-hydrogen) atoms. The number of carbonyl (C=O) groups is 1. The van der Waals surface area contributed by atoms with Crippen LogP contribution in [0.15, 0.2) is 65.8 Å². The molecule has 0 aliphatic heterocycles. The van der Waals surface area contributed by atoms with Crippen LogP contribution < -0.4 is 5.43 Å². The number of carbonyl (C=O) groups excluding carboxylic acids is 1. The van der Waals surface area contributed by atoms with Gasteiger partial charge >= 0.3 is 0 Å². The summed E-state index contributed by atoms with van der Waals surface area (Å²) in [5, 5.41) is 11.6. The number of H-pyrrole nitrogens is 1. The first-order chi connectivity index (χ1) is 11.6. The highest BCUT2D eigenvalue weighted by Gasteiger charge is 2.10. The Morgan fingerprint density at radius 1 is 1.12 bits per heavy atom. The van der Waals surface area contributed by atoms with Crippen LogP contribution in [0.5, 0.6) is 0 Å². The lowest BCUT2D eigenvalue weighted by atomic mass is 10.1. The van der Waals surface area contributed by atoms with Crippen LogP contribution in [-0.2, 0) is 0 Å². The number of aromatic nitrogens is 2. The van der Waals surface area contributed by atoms with Gasteiger partial charge in [-0.3, -0.25) is 9.89 Å². The van der Waals surface area contributed by atoms with Crippen molar-refractivity contribution in [1.29, 1.82) is 0 Å². The molecule has 0 unspecified atom stereocenters. The van der Waals surface area contributed by atoms with Crippen LogP contribution in [0.3, 0.4) is 0 Å². The molecule has 1 aromatic heterocycles. The van der Waals surface area contributed by atoms with E-state index >= 15 is 0 Å². The molecule has 0 aliphatic carbocycles. The van der Waals surface area contributed by atoms with Crippen LogP contribution in [0.2, 0.25) is 5.02 Å². The standard InChI is InChI=1S/C18H15ClN4O/c1-12(13-7-9-15(19)10-8-13)20-23-18(24)17-11-16(21-22-17)14-5-3-2-4-6-14/h2-11H,1H3,(H,21,22)(H,23,24)/b20-12+. The zero-order chi connectivity index (χ0) is 16.9. The third-order valence-electron chi connectivity index (χ3n) is 3.48. The second-order valence-electron chi connectivity index (χ2n) is 5.18. The maximum Gasteiger partial charge on any atom is 0.289 e. The number of hydrazone groups is 1. The maximum atomic E-state index is 12.2. The highest BCUT2D eigenvalue weighted by atomic mass is 35.5. The van der Waals surface area contributed by atoms with E-state index in [1.165, 1.54) is 0 Å². The minimum atomic E-state index is -0.349. The summed E-state index contributed by atoms with van der Waals surface area (Å²) in [6, 6.07) is 18.6. The van der Waals surface area contributed by atoms with Gasteiger partial charge in [-0.15, -0.1) is 0 Å². The molecule has 1 amide bonds. The molecular weight excluding hydrogens is 324 g/mol. The summed E-state index contributed by atoms with van der Waals surface area (Å²) >= 11 is 5.86.